The predicted molar refractivity (Wildman–Crippen MR) is 74.5 cm³/mol. The summed E-state index contributed by atoms with van der Waals surface area (Å²) in [4.78, 5) is 2.11. The Bertz CT molecular complexity index is 236. The van der Waals surface area contributed by atoms with Gasteiger partial charge in [-0.05, 0) is 31.2 Å². The van der Waals surface area contributed by atoms with Gasteiger partial charge >= 0.3 is 0 Å². The van der Waals surface area contributed by atoms with Crippen LogP contribution >= 0.6 is 0 Å². The Morgan fingerprint density at radius 2 is 2.00 bits per heavy atom. The van der Waals surface area contributed by atoms with Crippen LogP contribution in [0, 0.1) is 11.3 Å². The van der Waals surface area contributed by atoms with Crippen molar-refractivity contribution in [3.05, 3.63) is 0 Å². The second kappa shape index (κ2) is 6.85. The number of rotatable bonds is 8. The van der Waals surface area contributed by atoms with Crippen molar-refractivity contribution in [1.82, 2.24) is 4.90 Å². The van der Waals surface area contributed by atoms with E-state index >= 15 is 0 Å². The Balaban J connectivity index is 2.28. The molecule has 1 aliphatic carbocycles. The molecule has 0 amide bonds. The molecule has 18 heavy (non-hydrogen) atoms. The second-order valence-corrected chi connectivity index (χ2v) is 6.64. The van der Waals surface area contributed by atoms with Gasteiger partial charge in [0.1, 0.15) is 0 Å². The third-order valence-electron chi connectivity index (χ3n) is 3.81. The Morgan fingerprint density at radius 3 is 2.44 bits per heavy atom. The zero-order chi connectivity index (χ0) is 13.8. The van der Waals surface area contributed by atoms with E-state index in [0.29, 0.717) is 0 Å². The standard InChI is InChI=1S/C14H30N2O2/c1-14(2,3)13(15)12(9-17)16(4)7-8-18-10-11-5-6-11/h11-13,17H,5-10,15H2,1-4H3. The van der Waals surface area contributed by atoms with E-state index < -0.39 is 0 Å². The highest BCUT2D eigenvalue weighted by atomic mass is 16.5. The van der Waals surface area contributed by atoms with Crippen LogP contribution in [0.15, 0.2) is 0 Å². The highest BCUT2D eigenvalue weighted by Gasteiger charge is 2.31. The molecule has 1 aliphatic rings. The molecule has 0 saturated heterocycles. The summed E-state index contributed by atoms with van der Waals surface area (Å²) in [6.45, 7) is 8.86. The number of nitrogens with two attached hydrogens (primary N) is 1. The second-order valence-electron chi connectivity index (χ2n) is 6.64. The largest absolute Gasteiger partial charge is 0.395 e. The van der Waals surface area contributed by atoms with Gasteiger partial charge in [0.25, 0.3) is 0 Å². The van der Waals surface area contributed by atoms with Crippen LogP contribution in [-0.4, -0.2) is 55.5 Å². The minimum Gasteiger partial charge on any atom is -0.395 e. The number of aliphatic hydroxyl groups excluding tert-OH is 1. The van der Waals surface area contributed by atoms with E-state index in [-0.39, 0.29) is 24.1 Å². The van der Waals surface area contributed by atoms with E-state index in [1.54, 1.807) is 0 Å². The minimum absolute atomic E-state index is 0.00345. The van der Waals surface area contributed by atoms with Crippen LogP contribution in [-0.2, 0) is 4.74 Å². The number of nitrogens with zero attached hydrogens (tertiary/aromatic N) is 1. The topological polar surface area (TPSA) is 58.7 Å². The summed E-state index contributed by atoms with van der Waals surface area (Å²) >= 11 is 0. The summed E-state index contributed by atoms with van der Waals surface area (Å²) in [7, 11) is 2.01. The summed E-state index contributed by atoms with van der Waals surface area (Å²) < 4.78 is 5.62. The lowest BCUT2D eigenvalue weighted by Crippen LogP contribution is -2.55. The molecule has 2 unspecified atom stereocenters. The molecule has 3 N–H and O–H groups in total. The van der Waals surface area contributed by atoms with E-state index in [0.717, 1.165) is 25.7 Å². The van der Waals surface area contributed by atoms with Gasteiger partial charge < -0.3 is 15.6 Å². The summed E-state index contributed by atoms with van der Waals surface area (Å²) in [5, 5.41) is 9.52. The van der Waals surface area contributed by atoms with Crippen molar-refractivity contribution in [2.45, 2.75) is 45.7 Å². The number of hydrogen-bond acceptors (Lipinski definition) is 4. The molecule has 4 heteroatoms. The van der Waals surface area contributed by atoms with Crippen LogP contribution in [0.25, 0.3) is 0 Å². The van der Waals surface area contributed by atoms with Crippen LogP contribution in [0.2, 0.25) is 0 Å². The van der Waals surface area contributed by atoms with Crippen LogP contribution in [0.3, 0.4) is 0 Å². The zero-order valence-electron chi connectivity index (χ0n) is 12.4. The van der Waals surface area contributed by atoms with Crippen molar-refractivity contribution in [1.29, 1.82) is 0 Å². The number of ether oxygens (including phenoxy) is 1. The lowest BCUT2D eigenvalue weighted by atomic mass is 9.82. The zero-order valence-corrected chi connectivity index (χ0v) is 12.4. The van der Waals surface area contributed by atoms with Gasteiger partial charge in [0.2, 0.25) is 0 Å². The van der Waals surface area contributed by atoms with Gasteiger partial charge in [-0.2, -0.15) is 0 Å². The first-order valence-corrected chi connectivity index (χ1v) is 7.00. The highest BCUT2D eigenvalue weighted by molar-refractivity contribution is 4.88. The van der Waals surface area contributed by atoms with Gasteiger partial charge in [-0.25, -0.2) is 0 Å². The summed E-state index contributed by atoms with van der Waals surface area (Å²) in [5.41, 5.74) is 6.22. The average Bonchev–Trinajstić information content (AvgIpc) is 3.08. The molecule has 0 aliphatic heterocycles. The normalized spacial score (nSPS) is 20.2. The van der Waals surface area contributed by atoms with Crippen molar-refractivity contribution in [2.24, 2.45) is 17.1 Å². The predicted octanol–water partition coefficient (Wildman–Crippen LogP) is 1.08. The van der Waals surface area contributed by atoms with E-state index in [4.69, 9.17) is 10.5 Å². The van der Waals surface area contributed by atoms with Gasteiger partial charge in [-0.1, -0.05) is 20.8 Å². The first kappa shape index (κ1) is 15.9. The first-order chi connectivity index (χ1) is 8.36. The quantitative estimate of drug-likeness (QED) is 0.640. The maximum atomic E-state index is 9.52. The Labute approximate surface area is 111 Å². The average molecular weight is 258 g/mol. The molecule has 4 nitrogen and oxygen atoms in total. The van der Waals surface area contributed by atoms with Crippen molar-refractivity contribution < 1.29 is 9.84 Å². The molecule has 0 aromatic carbocycles. The summed E-state index contributed by atoms with van der Waals surface area (Å²) in [6.07, 6.45) is 2.65. The SMILES string of the molecule is CN(CCOCC1CC1)C(CO)C(N)C(C)(C)C. The van der Waals surface area contributed by atoms with E-state index in [1.807, 2.05) is 7.05 Å². The summed E-state index contributed by atoms with van der Waals surface area (Å²) in [6, 6.07) is -0.0505. The van der Waals surface area contributed by atoms with Crippen molar-refractivity contribution in [3.8, 4) is 0 Å². The maximum absolute atomic E-state index is 9.52. The minimum atomic E-state index is -0.0454. The smallest absolute Gasteiger partial charge is 0.0602 e. The molecule has 1 rings (SSSR count). The first-order valence-electron chi connectivity index (χ1n) is 7.00. The third kappa shape index (κ3) is 5.22. The molecule has 1 fully saturated rings. The Kier molecular flexibility index (Phi) is 6.05. The van der Waals surface area contributed by atoms with Crippen LogP contribution in [0.5, 0.6) is 0 Å². The number of hydrogen-bond donors (Lipinski definition) is 2. The molecule has 0 spiro atoms. The number of aliphatic hydroxyl groups is 1. The lowest BCUT2D eigenvalue weighted by Gasteiger charge is -2.38. The molecular weight excluding hydrogens is 228 g/mol. The fourth-order valence-corrected chi connectivity index (χ4v) is 2.01. The van der Waals surface area contributed by atoms with Crippen molar-refractivity contribution in [2.75, 3.05) is 33.4 Å². The fourth-order valence-electron chi connectivity index (χ4n) is 2.01. The summed E-state index contributed by atoms with van der Waals surface area (Å²) in [5.74, 6) is 0.806. The molecule has 0 aromatic heterocycles. The highest BCUT2D eigenvalue weighted by Crippen LogP contribution is 2.28. The molecule has 108 valence electrons. The Hall–Kier alpha value is -0.160. The van der Waals surface area contributed by atoms with Crippen LogP contribution in [0.1, 0.15) is 33.6 Å². The van der Waals surface area contributed by atoms with E-state index in [2.05, 4.69) is 25.7 Å². The van der Waals surface area contributed by atoms with Gasteiger partial charge in [-0.15, -0.1) is 0 Å². The number of likely N-dealkylation sites (N-methyl/N-ethyl adjacent to an activating group) is 1. The van der Waals surface area contributed by atoms with E-state index in [9.17, 15) is 5.11 Å². The van der Waals surface area contributed by atoms with E-state index in [1.165, 1.54) is 12.8 Å². The lowest BCUT2D eigenvalue weighted by molar-refractivity contribution is 0.0520. The molecule has 1 saturated carbocycles. The third-order valence-corrected chi connectivity index (χ3v) is 3.81. The molecule has 0 bridgehead atoms. The van der Waals surface area contributed by atoms with Crippen LogP contribution < -0.4 is 5.73 Å². The Morgan fingerprint density at radius 1 is 1.39 bits per heavy atom. The molecule has 0 heterocycles. The fraction of sp³-hybridized carbons (Fsp3) is 1.00. The monoisotopic (exact) mass is 258 g/mol. The molecule has 2 atom stereocenters. The maximum Gasteiger partial charge on any atom is 0.0602 e. The molecule has 0 radical (unpaired) electrons. The van der Waals surface area contributed by atoms with Crippen molar-refractivity contribution in [3.63, 3.8) is 0 Å². The molecular formula is C14H30N2O2. The van der Waals surface area contributed by atoms with Gasteiger partial charge in [0, 0.05) is 25.2 Å². The van der Waals surface area contributed by atoms with Crippen molar-refractivity contribution >= 4 is 0 Å². The van der Waals surface area contributed by atoms with Crippen LogP contribution in [0.4, 0.5) is 0 Å². The van der Waals surface area contributed by atoms with Gasteiger partial charge in [0.05, 0.1) is 13.2 Å². The van der Waals surface area contributed by atoms with Gasteiger partial charge in [-0.3, -0.25) is 4.90 Å². The molecule has 0 aromatic rings. The van der Waals surface area contributed by atoms with Gasteiger partial charge in [0.15, 0.2) is 0 Å².